The van der Waals surface area contributed by atoms with Gasteiger partial charge in [-0.3, -0.25) is 4.98 Å². The number of aromatic nitrogens is 1. The lowest BCUT2D eigenvalue weighted by Gasteiger charge is -2.13. The van der Waals surface area contributed by atoms with Gasteiger partial charge in [-0.1, -0.05) is 0 Å². The minimum Gasteiger partial charge on any atom is -0.479 e. The van der Waals surface area contributed by atoms with Gasteiger partial charge in [0.15, 0.2) is 6.10 Å². The smallest absolute Gasteiger partial charge is 0.335 e. The molecule has 0 amide bonds. The molecule has 76 valence electrons. The van der Waals surface area contributed by atoms with Crippen LogP contribution < -0.4 is 0 Å². The van der Waals surface area contributed by atoms with Crippen molar-refractivity contribution in [3.63, 3.8) is 0 Å². The molecule has 5 nitrogen and oxygen atoms in total. The van der Waals surface area contributed by atoms with Crippen LogP contribution in [-0.2, 0) is 4.79 Å². The number of aliphatic carboxylic acids is 1. The van der Waals surface area contributed by atoms with Crippen molar-refractivity contribution >= 4 is 5.97 Å². The van der Waals surface area contributed by atoms with E-state index in [1.807, 2.05) is 0 Å². The lowest BCUT2D eigenvalue weighted by atomic mass is 10.1. The zero-order valence-corrected chi connectivity index (χ0v) is 7.58. The summed E-state index contributed by atoms with van der Waals surface area (Å²) in [5, 5.41) is 26.9. The molecule has 1 heterocycles. The SMILES string of the molecule is Cc1ccnc(C(O)C(O)C(=O)O)c1. The summed E-state index contributed by atoms with van der Waals surface area (Å²) >= 11 is 0. The average molecular weight is 197 g/mol. The second-order valence-corrected chi connectivity index (χ2v) is 2.99. The highest BCUT2D eigenvalue weighted by atomic mass is 16.4. The number of nitrogens with zero attached hydrogens (tertiary/aromatic N) is 1. The lowest BCUT2D eigenvalue weighted by Crippen LogP contribution is -2.28. The molecule has 0 aromatic carbocycles. The molecule has 0 aliphatic carbocycles. The molecule has 1 aromatic rings. The van der Waals surface area contributed by atoms with Gasteiger partial charge < -0.3 is 15.3 Å². The van der Waals surface area contributed by atoms with E-state index < -0.39 is 18.2 Å². The first-order valence-electron chi connectivity index (χ1n) is 4.04. The largest absolute Gasteiger partial charge is 0.479 e. The highest BCUT2D eigenvalue weighted by Crippen LogP contribution is 2.15. The van der Waals surface area contributed by atoms with Crippen LogP contribution in [0.3, 0.4) is 0 Å². The number of rotatable bonds is 3. The molecular weight excluding hydrogens is 186 g/mol. The fraction of sp³-hybridized carbons (Fsp3) is 0.333. The van der Waals surface area contributed by atoms with Gasteiger partial charge in [0.25, 0.3) is 0 Å². The summed E-state index contributed by atoms with van der Waals surface area (Å²) in [7, 11) is 0. The summed E-state index contributed by atoms with van der Waals surface area (Å²) in [5.74, 6) is -1.47. The van der Waals surface area contributed by atoms with E-state index in [-0.39, 0.29) is 5.69 Å². The van der Waals surface area contributed by atoms with Gasteiger partial charge in [0, 0.05) is 6.20 Å². The summed E-state index contributed by atoms with van der Waals surface area (Å²) in [6.07, 6.45) is -1.89. The van der Waals surface area contributed by atoms with Crippen LogP contribution in [0.25, 0.3) is 0 Å². The second-order valence-electron chi connectivity index (χ2n) is 2.99. The molecule has 0 fully saturated rings. The molecule has 0 aliphatic rings. The molecule has 3 N–H and O–H groups in total. The molecule has 0 saturated heterocycles. The molecule has 0 radical (unpaired) electrons. The number of pyridine rings is 1. The minimum atomic E-state index is -1.84. The molecule has 1 aromatic heterocycles. The molecule has 0 bridgehead atoms. The fourth-order valence-electron chi connectivity index (χ4n) is 1.02. The summed E-state index contributed by atoms with van der Waals surface area (Å²) in [4.78, 5) is 14.1. The standard InChI is InChI=1S/C9H11NO4/c1-5-2-3-10-6(4-5)7(11)8(12)9(13)14/h2-4,7-8,11-12H,1H3,(H,13,14). The molecule has 2 unspecified atom stereocenters. The minimum absolute atomic E-state index is 0.153. The van der Waals surface area contributed by atoms with Crippen molar-refractivity contribution in [2.24, 2.45) is 0 Å². The van der Waals surface area contributed by atoms with Crippen LogP contribution in [0, 0.1) is 6.92 Å². The van der Waals surface area contributed by atoms with E-state index in [1.165, 1.54) is 12.3 Å². The van der Waals surface area contributed by atoms with Crippen molar-refractivity contribution in [1.29, 1.82) is 0 Å². The van der Waals surface area contributed by atoms with E-state index in [1.54, 1.807) is 13.0 Å². The van der Waals surface area contributed by atoms with E-state index >= 15 is 0 Å². The van der Waals surface area contributed by atoms with Gasteiger partial charge in [0.1, 0.15) is 6.10 Å². The van der Waals surface area contributed by atoms with Gasteiger partial charge in [0.05, 0.1) is 5.69 Å². The van der Waals surface area contributed by atoms with Gasteiger partial charge in [-0.05, 0) is 24.6 Å². The fourth-order valence-corrected chi connectivity index (χ4v) is 1.02. The van der Waals surface area contributed by atoms with E-state index in [0.717, 1.165) is 5.56 Å². The first-order valence-corrected chi connectivity index (χ1v) is 4.04. The Morgan fingerprint density at radius 3 is 2.64 bits per heavy atom. The molecule has 0 spiro atoms. The molecule has 0 saturated carbocycles. The first kappa shape index (κ1) is 10.6. The number of carboxylic acid groups (broad SMARTS) is 1. The quantitative estimate of drug-likeness (QED) is 0.627. The molecule has 5 heteroatoms. The third-order valence-electron chi connectivity index (χ3n) is 1.79. The van der Waals surface area contributed by atoms with E-state index in [4.69, 9.17) is 10.2 Å². The number of hydrogen-bond acceptors (Lipinski definition) is 4. The number of aryl methyl sites for hydroxylation is 1. The highest BCUT2D eigenvalue weighted by molar-refractivity contribution is 5.72. The predicted octanol–water partition coefficient (Wildman–Crippen LogP) is -0.131. The monoisotopic (exact) mass is 197 g/mol. The first-order chi connectivity index (χ1) is 6.52. The Bertz CT molecular complexity index is 339. The Kier molecular flexibility index (Phi) is 3.16. The van der Waals surface area contributed by atoms with Crippen LogP contribution >= 0.6 is 0 Å². The highest BCUT2D eigenvalue weighted by Gasteiger charge is 2.25. The Balaban J connectivity index is 2.89. The van der Waals surface area contributed by atoms with Crippen LogP contribution in [0.2, 0.25) is 0 Å². The number of aliphatic hydroxyl groups is 2. The van der Waals surface area contributed by atoms with Gasteiger partial charge in [0.2, 0.25) is 0 Å². The molecule has 1 rings (SSSR count). The maximum Gasteiger partial charge on any atom is 0.335 e. The van der Waals surface area contributed by atoms with Crippen molar-refractivity contribution in [3.8, 4) is 0 Å². The maximum absolute atomic E-state index is 10.4. The van der Waals surface area contributed by atoms with Crippen molar-refractivity contribution in [1.82, 2.24) is 4.98 Å². The van der Waals surface area contributed by atoms with Crippen LogP contribution in [0.15, 0.2) is 18.3 Å². The number of carbonyl (C=O) groups is 1. The van der Waals surface area contributed by atoms with Crippen molar-refractivity contribution in [2.75, 3.05) is 0 Å². The van der Waals surface area contributed by atoms with Crippen LogP contribution in [-0.4, -0.2) is 32.4 Å². The Morgan fingerprint density at radius 1 is 1.50 bits per heavy atom. The zero-order valence-electron chi connectivity index (χ0n) is 7.58. The van der Waals surface area contributed by atoms with Crippen molar-refractivity contribution in [3.05, 3.63) is 29.6 Å². The molecule has 0 aliphatic heterocycles. The predicted molar refractivity (Wildman–Crippen MR) is 47.6 cm³/mol. The third kappa shape index (κ3) is 2.27. The van der Waals surface area contributed by atoms with Crippen LogP contribution in [0.1, 0.15) is 17.4 Å². The summed E-state index contributed by atoms with van der Waals surface area (Å²) in [6.45, 7) is 1.78. The number of hydrogen-bond donors (Lipinski definition) is 3. The summed E-state index contributed by atoms with van der Waals surface area (Å²) < 4.78 is 0. The van der Waals surface area contributed by atoms with E-state index in [0.29, 0.717) is 0 Å². The van der Waals surface area contributed by atoms with Gasteiger partial charge in [-0.2, -0.15) is 0 Å². The third-order valence-corrected chi connectivity index (χ3v) is 1.79. The average Bonchev–Trinajstić information content (AvgIpc) is 2.15. The van der Waals surface area contributed by atoms with Crippen LogP contribution in [0.5, 0.6) is 0 Å². The molecule has 2 atom stereocenters. The summed E-state index contributed by atoms with van der Waals surface area (Å²) in [6, 6.07) is 3.24. The van der Waals surface area contributed by atoms with Gasteiger partial charge in [-0.25, -0.2) is 4.79 Å². The number of carboxylic acids is 1. The summed E-state index contributed by atoms with van der Waals surface area (Å²) in [5.41, 5.74) is 0.992. The Morgan fingerprint density at radius 2 is 2.14 bits per heavy atom. The zero-order chi connectivity index (χ0) is 10.7. The van der Waals surface area contributed by atoms with Crippen molar-refractivity contribution < 1.29 is 20.1 Å². The van der Waals surface area contributed by atoms with Gasteiger partial charge in [-0.15, -0.1) is 0 Å². The Hall–Kier alpha value is -1.46. The van der Waals surface area contributed by atoms with E-state index in [2.05, 4.69) is 4.98 Å². The lowest BCUT2D eigenvalue weighted by molar-refractivity contribution is -0.153. The topological polar surface area (TPSA) is 90.7 Å². The van der Waals surface area contributed by atoms with Gasteiger partial charge >= 0.3 is 5.97 Å². The number of aliphatic hydroxyl groups excluding tert-OH is 2. The Labute approximate surface area is 80.7 Å². The molecular formula is C9H11NO4. The normalized spacial score (nSPS) is 14.8. The second kappa shape index (κ2) is 4.17. The van der Waals surface area contributed by atoms with Crippen molar-refractivity contribution in [2.45, 2.75) is 19.1 Å². The van der Waals surface area contributed by atoms with Crippen LogP contribution in [0.4, 0.5) is 0 Å². The van der Waals surface area contributed by atoms with E-state index in [9.17, 15) is 9.90 Å². The molecule has 14 heavy (non-hydrogen) atoms. The maximum atomic E-state index is 10.4.